The molecule has 0 aliphatic heterocycles. The van der Waals surface area contributed by atoms with Crippen LogP contribution < -0.4 is 0 Å². The highest BCUT2D eigenvalue weighted by Crippen LogP contribution is 2.24. The third-order valence-electron chi connectivity index (χ3n) is 3.15. The summed E-state index contributed by atoms with van der Waals surface area (Å²) >= 11 is 0. The smallest absolute Gasteiger partial charge is 0.315 e. The van der Waals surface area contributed by atoms with Gasteiger partial charge in [0.15, 0.2) is 5.76 Å². The summed E-state index contributed by atoms with van der Waals surface area (Å²) in [6.07, 6.45) is 1.27. The van der Waals surface area contributed by atoms with Gasteiger partial charge in [-0.05, 0) is 42.0 Å². The number of oxazole rings is 1. The van der Waals surface area contributed by atoms with Crippen LogP contribution in [0.25, 0.3) is 11.3 Å². The van der Waals surface area contributed by atoms with E-state index in [1.165, 1.54) is 54.7 Å². The number of hydrogen-bond donors (Lipinski definition) is 0. The number of hydrogen-bond acceptors (Lipinski definition) is 4. The maximum atomic E-state index is 12.9. The molecule has 2 aromatic carbocycles. The maximum absolute atomic E-state index is 12.9. The first-order chi connectivity index (χ1) is 10.9. The van der Waals surface area contributed by atoms with Gasteiger partial charge in [0.2, 0.25) is 9.84 Å². The summed E-state index contributed by atoms with van der Waals surface area (Å²) in [4.78, 5) is 3.78. The van der Waals surface area contributed by atoms with Gasteiger partial charge in [0, 0.05) is 5.56 Å². The van der Waals surface area contributed by atoms with Crippen molar-refractivity contribution in [2.45, 2.75) is 11.0 Å². The lowest BCUT2D eigenvalue weighted by Gasteiger charge is -2.01. The lowest BCUT2D eigenvalue weighted by molar-refractivity contribution is 0.439. The SMILES string of the molecule is O=S(=O)(Cc1ccc(F)cc1)c1ncc(-c2ccc(F)cc2)o1. The Balaban J connectivity index is 1.86. The summed E-state index contributed by atoms with van der Waals surface area (Å²) in [5.74, 6) is -0.975. The van der Waals surface area contributed by atoms with Crippen molar-refractivity contribution in [2.75, 3.05) is 0 Å². The Morgan fingerprint density at radius 1 is 0.913 bits per heavy atom. The Hall–Kier alpha value is -2.54. The number of halogens is 2. The Bertz CT molecular complexity index is 917. The van der Waals surface area contributed by atoms with Crippen LogP contribution in [-0.2, 0) is 15.6 Å². The molecule has 0 amide bonds. The number of nitrogens with zero attached hydrogens (tertiary/aromatic N) is 1. The number of sulfone groups is 1. The molecule has 23 heavy (non-hydrogen) atoms. The van der Waals surface area contributed by atoms with Crippen molar-refractivity contribution in [3.05, 3.63) is 71.9 Å². The minimum absolute atomic E-state index is 0.225. The molecule has 0 saturated heterocycles. The van der Waals surface area contributed by atoms with E-state index in [0.717, 1.165) is 0 Å². The highest BCUT2D eigenvalue weighted by atomic mass is 32.2. The molecule has 0 saturated carbocycles. The van der Waals surface area contributed by atoms with Crippen molar-refractivity contribution in [2.24, 2.45) is 0 Å². The predicted molar refractivity (Wildman–Crippen MR) is 79.2 cm³/mol. The molecule has 0 bridgehead atoms. The first-order valence-corrected chi connectivity index (χ1v) is 8.28. The fraction of sp³-hybridized carbons (Fsp3) is 0.0625. The second-order valence-electron chi connectivity index (χ2n) is 4.88. The molecule has 3 aromatic rings. The van der Waals surface area contributed by atoms with E-state index >= 15 is 0 Å². The zero-order valence-corrected chi connectivity index (χ0v) is 12.6. The zero-order valence-electron chi connectivity index (χ0n) is 11.7. The Labute approximate surface area is 131 Å². The van der Waals surface area contributed by atoms with Crippen LogP contribution in [0.3, 0.4) is 0 Å². The van der Waals surface area contributed by atoms with E-state index in [4.69, 9.17) is 4.42 Å². The first-order valence-electron chi connectivity index (χ1n) is 6.63. The van der Waals surface area contributed by atoms with Crippen molar-refractivity contribution in [1.29, 1.82) is 0 Å². The van der Waals surface area contributed by atoms with E-state index in [-0.39, 0.29) is 11.5 Å². The van der Waals surface area contributed by atoms with Crippen LogP contribution in [0.2, 0.25) is 0 Å². The van der Waals surface area contributed by atoms with Gasteiger partial charge in [0.25, 0.3) is 0 Å². The third-order valence-corrected chi connectivity index (χ3v) is 4.58. The molecular weight excluding hydrogens is 324 g/mol. The van der Waals surface area contributed by atoms with Crippen LogP contribution in [0.15, 0.2) is 64.4 Å². The number of benzene rings is 2. The van der Waals surface area contributed by atoms with Crippen LogP contribution in [0.4, 0.5) is 8.78 Å². The molecular formula is C16H11F2NO3S. The van der Waals surface area contributed by atoms with Crippen LogP contribution in [0, 0.1) is 11.6 Å². The topological polar surface area (TPSA) is 60.2 Å². The molecule has 0 N–H and O–H groups in total. The van der Waals surface area contributed by atoms with Gasteiger partial charge in [-0.1, -0.05) is 12.1 Å². The Kier molecular flexibility index (Phi) is 3.96. The maximum Gasteiger partial charge on any atom is 0.315 e. The van der Waals surface area contributed by atoms with Crippen LogP contribution >= 0.6 is 0 Å². The van der Waals surface area contributed by atoms with E-state index in [9.17, 15) is 17.2 Å². The van der Waals surface area contributed by atoms with E-state index in [2.05, 4.69) is 4.98 Å². The average Bonchev–Trinajstić information content (AvgIpc) is 3.01. The third kappa shape index (κ3) is 3.45. The molecule has 1 aromatic heterocycles. The summed E-state index contributed by atoms with van der Waals surface area (Å²) in [6.45, 7) is 0. The van der Waals surface area contributed by atoms with Crippen molar-refractivity contribution in [3.63, 3.8) is 0 Å². The van der Waals surface area contributed by atoms with Crippen LogP contribution in [0.5, 0.6) is 0 Å². The van der Waals surface area contributed by atoms with Crippen molar-refractivity contribution in [1.82, 2.24) is 4.98 Å². The molecule has 1 heterocycles. The average molecular weight is 335 g/mol. The van der Waals surface area contributed by atoms with Crippen LogP contribution in [-0.4, -0.2) is 13.4 Å². The minimum atomic E-state index is -3.80. The van der Waals surface area contributed by atoms with E-state index in [1.807, 2.05) is 0 Å². The van der Waals surface area contributed by atoms with Crippen molar-refractivity contribution in [3.8, 4) is 11.3 Å². The summed E-state index contributed by atoms with van der Waals surface area (Å²) in [6, 6.07) is 10.6. The molecule has 0 radical (unpaired) electrons. The predicted octanol–water partition coefficient (Wildman–Crippen LogP) is 3.59. The molecule has 0 fully saturated rings. The van der Waals surface area contributed by atoms with Gasteiger partial charge in [-0.15, -0.1) is 0 Å². The van der Waals surface area contributed by atoms with Crippen LogP contribution in [0.1, 0.15) is 5.56 Å². The molecule has 4 nitrogen and oxygen atoms in total. The monoisotopic (exact) mass is 335 g/mol. The highest BCUT2D eigenvalue weighted by Gasteiger charge is 2.22. The molecule has 7 heteroatoms. The molecule has 0 aliphatic rings. The van der Waals surface area contributed by atoms with E-state index in [1.54, 1.807) is 0 Å². The van der Waals surface area contributed by atoms with Gasteiger partial charge in [-0.3, -0.25) is 0 Å². The summed E-state index contributed by atoms with van der Waals surface area (Å²) in [5.41, 5.74) is 0.940. The van der Waals surface area contributed by atoms with Gasteiger partial charge in [0.05, 0.1) is 11.9 Å². The zero-order chi connectivity index (χ0) is 16.4. The lowest BCUT2D eigenvalue weighted by Crippen LogP contribution is -2.05. The quantitative estimate of drug-likeness (QED) is 0.731. The summed E-state index contributed by atoms with van der Waals surface area (Å²) in [5, 5.41) is -0.429. The van der Waals surface area contributed by atoms with Gasteiger partial charge < -0.3 is 4.42 Å². The fourth-order valence-electron chi connectivity index (χ4n) is 2.01. The van der Waals surface area contributed by atoms with E-state index in [0.29, 0.717) is 11.1 Å². The second kappa shape index (κ2) is 5.92. The van der Waals surface area contributed by atoms with Gasteiger partial charge in [-0.25, -0.2) is 22.2 Å². The standard InChI is InChI=1S/C16H11F2NO3S/c17-13-5-1-11(2-6-13)10-23(20,21)16-19-9-15(22-16)12-3-7-14(18)8-4-12/h1-9H,10H2. The normalized spacial score (nSPS) is 11.6. The lowest BCUT2D eigenvalue weighted by atomic mass is 10.2. The largest absolute Gasteiger partial charge is 0.428 e. The van der Waals surface area contributed by atoms with Gasteiger partial charge >= 0.3 is 5.22 Å². The minimum Gasteiger partial charge on any atom is -0.428 e. The number of aromatic nitrogens is 1. The Morgan fingerprint density at radius 2 is 1.48 bits per heavy atom. The first kappa shape index (κ1) is 15.4. The van der Waals surface area contributed by atoms with Gasteiger partial charge in [0.1, 0.15) is 11.6 Å². The summed E-state index contributed by atoms with van der Waals surface area (Å²) < 4.78 is 55.6. The Morgan fingerprint density at radius 3 is 2.09 bits per heavy atom. The van der Waals surface area contributed by atoms with Crippen molar-refractivity contribution < 1.29 is 21.6 Å². The summed E-state index contributed by atoms with van der Waals surface area (Å²) in [7, 11) is -3.80. The molecule has 0 atom stereocenters. The second-order valence-corrected chi connectivity index (χ2v) is 6.75. The molecule has 0 spiro atoms. The molecule has 0 aliphatic carbocycles. The molecule has 0 unspecified atom stereocenters. The molecule has 3 rings (SSSR count). The molecule has 118 valence electrons. The highest BCUT2D eigenvalue weighted by molar-refractivity contribution is 7.90. The van der Waals surface area contributed by atoms with Gasteiger partial charge in [-0.2, -0.15) is 0 Å². The van der Waals surface area contributed by atoms with E-state index < -0.39 is 26.7 Å². The number of rotatable bonds is 4. The fourth-order valence-corrected chi connectivity index (χ4v) is 3.20. The van der Waals surface area contributed by atoms with Crippen molar-refractivity contribution >= 4 is 9.84 Å².